The fourth-order valence-corrected chi connectivity index (χ4v) is 2.77. The maximum absolute atomic E-state index is 5.81. The molecule has 1 aliphatic rings. The second-order valence-electron chi connectivity index (χ2n) is 5.06. The molecule has 1 aromatic heterocycles. The maximum atomic E-state index is 5.81. The summed E-state index contributed by atoms with van der Waals surface area (Å²) in [4.78, 5) is 0. The first-order chi connectivity index (χ1) is 8.25. The molecular formula is C15H19NO. The highest BCUT2D eigenvalue weighted by Gasteiger charge is 2.16. The van der Waals surface area contributed by atoms with Crippen molar-refractivity contribution >= 4 is 11.0 Å². The fraction of sp³-hybridized carbons (Fsp3) is 0.467. The first-order valence-corrected chi connectivity index (χ1v) is 6.46. The molecule has 0 amide bonds. The SMILES string of the molecule is Cc1oc2cc(C3CCNCC3)ccc2c1C. The molecule has 1 fully saturated rings. The Hall–Kier alpha value is -1.28. The standard InChI is InChI=1S/C15H19NO/c1-10-11(2)17-15-9-13(3-4-14(10)15)12-5-7-16-8-6-12/h3-4,9,12,16H,5-8H2,1-2H3. The third-order valence-corrected chi connectivity index (χ3v) is 4.01. The van der Waals surface area contributed by atoms with Crippen LogP contribution >= 0.6 is 0 Å². The third kappa shape index (κ3) is 1.87. The molecule has 17 heavy (non-hydrogen) atoms. The Balaban J connectivity index is 2.01. The maximum Gasteiger partial charge on any atom is 0.134 e. The Morgan fingerprint density at radius 3 is 2.71 bits per heavy atom. The van der Waals surface area contributed by atoms with Gasteiger partial charge in [-0.15, -0.1) is 0 Å². The average molecular weight is 229 g/mol. The normalized spacial score (nSPS) is 17.8. The smallest absolute Gasteiger partial charge is 0.134 e. The van der Waals surface area contributed by atoms with E-state index in [1.807, 2.05) is 6.92 Å². The summed E-state index contributed by atoms with van der Waals surface area (Å²) in [5.41, 5.74) is 3.76. The van der Waals surface area contributed by atoms with Gasteiger partial charge in [0.2, 0.25) is 0 Å². The van der Waals surface area contributed by atoms with Gasteiger partial charge in [-0.25, -0.2) is 0 Å². The summed E-state index contributed by atoms with van der Waals surface area (Å²) in [6, 6.07) is 6.74. The van der Waals surface area contributed by atoms with E-state index in [2.05, 4.69) is 30.4 Å². The van der Waals surface area contributed by atoms with Gasteiger partial charge in [0.15, 0.2) is 0 Å². The van der Waals surface area contributed by atoms with Gasteiger partial charge in [-0.1, -0.05) is 12.1 Å². The van der Waals surface area contributed by atoms with Gasteiger partial charge in [-0.2, -0.15) is 0 Å². The quantitative estimate of drug-likeness (QED) is 0.809. The van der Waals surface area contributed by atoms with Crippen LogP contribution in [0.15, 0.2) is 22.6 Å². The molecule has 0 aliphatic carbocycles. The molecule has 2 nitrogen and oxygen atoms in total. The summed E-state index contributed by atoms with van der Waals surface area (Å²) in [6.45, 7) is 6.45. The first kappa shape index (κ1) is 10.8. The number of nitrogens with one attached hydrogen (secondary N) is 1. The molecule has 2 heteroatoms. The van der Waals surface area contributed by atoms with Crippen LogP contribution in [0.2, 0.25) is 0 Å². The zero-order chi connectivity index (χ0) is 11.8. The average Bonchev–Trinajstić information content (AvgIpc) is 2.66. The number of piperidine rings is 1. The molecule has 3 rings (SSSR count). The summed E-state index contributed by atoms with van der Waals surface area (Å²) >= 11 is 0. The lowest BCUT2D eigenvalue weighted by Gasteiger charge is -2.22. The number of furan rings is 1. The Morgan fingerprint density at radius 1 is 1.18 bits per heavy atom. The van der Waals surface area contributed by atoms with E-state index in [1.54, 1.807) is 0 Å². The molecule has 90 valence electrons. The van der Waals surface area contributed by atoms with Gasteiger partial charge in [0.25, 0.3) is 0 Å². The van der Waals surface area contributed by atoms with Crippen LogP contribution in [0, 0.1) is 13.8 Å². The lowest BCUT2D eigenvalue weighted by Crippen LogP contribution is -2.26. The number of hydrogen-bond acceptors (Lipinski definition) is 2. The first-order valence-electron chi connectivity index (χ1n) is 6.46. The molecule has 1 N–H and O–H groups in total. The van der Waals surface area contributed by atoms with E-state index >= 15 is 0 Å². The molecule has 2 heterocycles. The lowest BCUT2D eigenvalue weighted by molar-refractivity contribution is 0.460. The Morgan fingerprint density at radius 2 is 1.94 bits per heavy atom. The molecule has 0 unspecified atom stereocenters. The minimum Gasteiger partial charge on any atom is -0.461 e. The van der Waals surface area contributed by atoms with Crippen molar-refractivity contribution in [3.05, 3.63) is 35.1 Å². The van der Waals surface area contributed by atoms with Crippen molar-refractivity contribution < 1.29 is 4.42 Å². The molecule has 1 saturated heterocycles. The van der Waals surface area contributed by atoms with Crippen molar-refractivity contribution in [1.29, 1.82) is 0 Å². The van der Waals surface area contributed by atoms with Crippen molar-refractivity contribution in [2.24, 2.45) is 0 Å². The molecule has 2 aromatic rings. The van der Waals surface area contributed by atoms with Gasteiger partial charge < -0.3 is 9.73 Å². The van der Waals surface area contributed by atoms with Crippen LogP contribution in [0.4, 0.5) is 0 Å². The van der Waals surface area contributed by atoms with Crippen molar-refractivity contribution in [2.45, 2.75) is 32.6 Å². The zero-order valence-electron chi connectivity index (χ0n) is 10.5. The van der Waals surface area contributed by atoms with E-state index in [9.17, 15) is 0 Å². The Bertz CT molecular complexity index is 535. The molecule has 0 radical (unpaired) electrons. The summed E-state index contributed by atoms with van der Waals surface area (Å²) in [5, 5.41) is 4.68. The van der Waals surface area contributed by atoms with Gasteiger partial charge in [-0.3, -0.25) is 0 Å². The number of hydrogen-bond donors (Lipinski definition) is 1. The highest BCUT2D eigenvalue weighted by Crippen LogP contribution is 2.31. The summed E-state index contributed by atoms with van der Waals surface area (Å²) in [7, 11) is 0. The van der Waals surface area contributed by atoms with E-state index < -0.39 is 0 Å². The van der Waals surface area contributed by atoms with Gasteiger partial charge >= 0.3 is 0 Å². The van der Waals surface area contributed by atoms with Crippen LogP contribution in [0.3, 0.4) is 0 Å². The molecule has 1 aromatic carbocycles. The minimum absolute atomic E-state index is 0.700. The van der Waals surface area contributed by atoms with E-state index in [1.165, 1.54) is 29.4 Å². The minimum atomic E-state index is 0.700. The van der Waals surface area contributed by atoms with Crippen LogP contribution in [0.5, 0.6) is 0 Å². The molecule has 0 atom stereocenters. The van der Waals surface area contributed by atoms with Crippen LogP contribution in [0.25, 0.3) is 11.0 Å². The van der Waals surface area contributed by atoms with Gasteiger partial charge in [0.05, 0.1) is 0 Å². The highest BCUT2D eigenvalue weighted by atomic mass is 16.3. The molecule has 1 aliphatic heterocycles. The molecular weight excluding hydrogens is 210 g/mol. The largest absolute Gasteiger partial charge is 0.461 e. The fourth-order valence-electron chi connectivity index (χ4n) is 2.77. The van der Waals surface area contributed by atoms with E-state index in [-0.39, 0.29) is 0 Å². The second-order valence-corrected chi connectivity index (χ2v) is 5.06. The van der Waals surface area contributed by atoms with Crippen LogP contribution < -0.4 is 5.32 Å². The van der Waals surface area contributed by atoms with E-state index in [0.29, 0.717) is 5.92 Å². The second kappa shape index (κ2) is 4.19. The predicted octanol–water partition coefficient (Wildman–Crippen LogP) is 3.52. The van der Waals surface area contributed by atoms with Crippen molar-refractivity contribution in [2.75, 3.05) is 13.1 Å². The number of benzene rings is 1. The molecule has 0 spiro atoms. The van der Waals surface area contributed by atoms with Crippen LogP contribution in [-0.4, -0.2) is 13.1 Å². The van der Waals surface area contributed by atoms with E-state index in [0.717, 1.165) is 24.4 Å². The number of fused-ring (bicyclic) bond motifs is 1. The van der Waals surface area contributed by atoms with Crippen LogP contribution in [0.1, 0.15) is 35.6 Å². The van der Waals surface area contributed by atoms with Crippen molar-refractivity contribution in [3.8, 4) is 0 Å². The van der Waals surface area contributed by atoms with Gasteiger partial charge in [-0.05, 0) is 62.9 Å². The predicted molar refractivity (Wildman–Crippen MR) is 70.5 cm³/mol. The van der Waals surface area contributed by atoms with Crippen molar-refractivity contribution in [3.63, 3.8) is 0 Å². The van der Waals surface area contributed by atoms with Crippen LogP contribution in [-0.2, 0) is 0 Å². The van der Waals surface area contributed by atoms with Crippen molar-refractivity contribution in [1.82, 2.24) is 5.32 Å². The monoisotopic (exact) mass is 229 g/mol. The number of aryl methyl sites for hydroxylation is 2. The Kier molecular flexibility index (Phi) is 2.67. The zero-order valence-corrected chi connectivity index (χ0v) is 10.5. The number of rotatable bonds is 1. The van der Waals surface area contributed by atoms with Gasteiger partial charge in [0.1, 0.15) is 11.3 Å². The molecule has 0 saturated carbocycles. The van der Waals surface area contributed by atoms with Gasteiger partial charge in [0, 0.05) is 5.39 Å². The third-order valence-electron chi connectivity index (χ3n) is 4.01. The highest BCUT2D eigenvalue weighted by molar-refractivity contribution is 5.82. The molecule has 0 bridgehead atoms. The lowest BCUT2D eigenvalue weighted by atomic mass is 9.90. The summed E-state index contributed by atoms with van der Waals surface area (Å²) < 4.78 is 5.81. The summed E-state index contributed by atoms with van der Waals surface area (Å²) in [5.74, 6) is 1.74. The topological polar surface area (TPSA) is 25.2 Å². The Labute approximate surface area is 102 Å². The van der Waals surface area contributed by atoms with E-state index in [4.69, 9.17) is 4.42 Å². The summed E-state index contributed by atoms with van der Waals surface area (Å²) in [6.07, 6.45) is 2.48.